The highest BCUT2D eigenvalue weighted by atomic mass is 35.5. The minimum atomic E-state index is -0.796. The Bertz CT molecular complexity index is 795. The van der Waals surface area contributed by atoms with Crippen LogP contribution in [0.25, 0.3) is 0 Å². The number of amides is 1. The van der Waals surface area contributed by atoms with Crippen molar-refractivity contribution < 1.29 is 24.1 Å². The van der Waals surface area contributed by atoms with Gasteiger partial charge in [0.25, 0.3) is 5.91 Å². The van der Waals surface area contributed by atoms with Crippen LogP contribution in [0.5, 0.6) is 17.2 Å². The van der Waals surface area contributed by atoms with E-state index >= 15 is 0 Å². The summed E-state index contributed by atoms with van der Waals surface area (Å²) in [4.78, 5) is 14.5. The number of hydrogen-bond acceptors (Lipinski definition) is 5. The van der Waals surface area contributed by atoms with Gasteiger partial charge < -0.3 is 24.2 Å². The molecule has 1 aliphatic heterocycles. The Balaban J connectivity index is 1.68. The molecule has 0 spiro atoms. The second-order valence-corrected chi connectivity index (χ2v) is 6.72. The van der Waals surface area contributed by atoms with E-state index in [1.54, 1.807) is 54.5 Å². The van der Waals surface area contributed by atoms with Gasteiger partial charge in [-0.3, -0.25) is 4.79 Å². The average molecular weight is 392 g/mol. The van der Waals surface area contributed by atoms with Gasteiger partial charge >= 0.3 is 0 Å². The van der Waals surface area contributed by atoms with E-state index in [2.05, 4.69) is 0 Å². The Labute approximate surface area is 163 Å². The molecule has 1 N–H and O–H groups in total. The van der Waals surface area contributed by atoms with Crippen molar-refractivity contribution >= 4 is 17.5 Å². The van der Waals surface area contributed by atoms with E-state index in [0.717, 1.165) is 0 Å². The molecule has 2 aromatic rings. The molecular weight excluding hydrogens is 370 g/mol. The maximum Gasteiger partial charge on any atom is 0.257 e. The highest BCUT2D eigenvalue weighted by molar-refractivity contribution is 6.30. The van der Waals surface area contributed by atoms with Gasteiger partial charge in [0, 0.05) is 18.0 Å². The topological polar surface area (TPSA) is 68.2 Å². The van der Waals surface area contributed by atoms with Gasteiger partial charge in [-0.1, -0.05) is 11.6 Å². The molecule has 144 valence electrons. The fraction of sp³-hybridized carbons (Fsp3) is 0.350. The summed E-state index contributed by atoms with van der Waals surface area (Å²) in [5, 5.41) is 11.1. The van der Waals surface area contributed by atoms with Gasteiger partial charge in [0.05, 0.1) is 26.3 Å². The van der Waals surface area contributed by atoms with Crippen molar-refractivity contribution in [3.63, 3.8) is 0 Å². The molecule has 1 fully saturated rings. The van der Waals surface area contributed by atoms with E-state index in [1.807, 2.05) is 0 Å². The molecule has 27 heavy (non-hydrogen) atoms. The van der Waals surface area contributed by atoms with E-state index in [-0.39, 0.29) is 18.6 Å². The van der Waals surface area contributed by atoms with E-state index in [1.165, 1.54) is 7.11 Å². The lowest BCUT2D eigenvalue weighted by molar-refractivity contribution is -0.0199. The van der Waals surface area contributed by atoms with Crippen molar-refractivity contribution in [2.45, 2.75) is 18.6 Å². The number of hydrogen-bond donors (Lipinski definition) is 1. The first-order chi connectivity index (χ1) is 13.0. The van der Waals surface area contributed by atoms with Crippen LogP contribution in [0.2, 0.25) is 5.02 Å². The van der Waals surface area contributed by atoms with Gasteiger partial charge in [-0.05, 0) is 42.5 Å². The summed E-state index contributed by atoms with van der Waals surface area (Å²) in [5.41, 5.74) is 0.404. The Morgan fingerprint density at radius 3 is 2.44 bits per heavy atom. The number of likely N-dealkylation sites (tertiary alicyclic amines) is 1. The fourth-order valence-electron chi connectivity index (χ4n) is 3.07. The van der Waals surface area contributed by atoms with Crippen LogP contribution in [0, 0.1) is 0 Å². The molecule has 7 heteroatoms. The lowest BCUT2D eigenvalue weighted by Crippen LogP contribution is -2.51. The van der Waals surface area contributed by atoms with E-state index < -0.39 is 6.10 Å². The molecule has 2 aromatic carbocycles. The highest BCUT2D eigenvalue weighted by Gasteiger charge is 2.33. The Morgan fingerprint density at radius 2 is 1.81 bits per heavy atom. The summed E-state index contributed by atoms with van der Waals surface area (Å²) in [6.45, 7) is 0.645. The van der Waals surface area contributed by atoms with Gasteiger partial charge in [0.1, 0.15) is 29.5 Å². The molecule has 1 heterocycles. The monoisotopic (exact) mass is 391 g/mol. The van der Waals surface area contributed by atoms with E-state index in [4.69, 9.17) is 25.8 Å². The van der Waals surface area contributed by atoms with Crippen LogP contribution in [0.1, 0.15) is 16.8 Å². The van der Waals surface area contributed by atoms with Gasteiger partial charge in [0.2, 0.25) is 0 Å². The number of benzene rings is 2. The Hall–Kier alpha value is -2.44. The fourth-order valence-corrected chi connectivity index (χ4v) is 3.20. The van der Waals surface area contributed by atoms with Gasteiger partial charge in [-0.15, -0.1) is 0 Å². The number of β-amino-alcohol motifs (C(OH)–C–C–N with tert-alkyl or cyclic N) is 1. The van der Waals surface area contributed by atoms with Crippen LogP contribution in [0.15, 0.2) is 42.5 Å². The maximum absolute atomic E-state index is 12.9. The first-order valence-corrected chi connectivity index (χ1v) is 9.01. The van der Waals surface area contributed by atoms with Crippen LogP contribution in [0.3, 0.4) is 0 Å². The van der Waals surface area contributed by atoms with Crippen LogP contribution in [0.4, 0.5) is 0 Å². The van der Waals surface area contributed by atoms with E-state index in [9.17, 15) is 9.90 Å². The molecule has 0 saturated carbocycles. The minimum absolute atomic E-state index is 0.178. The molecule has 3 rings (SSSR count). The maximum atomic E-state index is 12.9. The minimum Gasteiger partial charge on any atom is -0.497 e. The van der Waals surface area contributed by atoms with Crippen molar-refractivity contribution in [1.82, 2.24) is 4.90 Å². The number of aliphatic hydroxyl groups is 1. The van der Waals surface area contributed by atoms with Crippen molar-refractivity contribution in [3.05, 3.63) is 53.1 Å². The number of rotatable bonds is 5. The molecule has 0 radical (unpaired) electrons. The predicted octanol–water partition coefficient (Wildman–Crippen LogP) is 3.01. The van der Waals surface area contributed by atoms with Gasteiger partial charge in [0.15, 0.2) is 0 Å². The highest BCUT2D eigenvalue weighted by Crippen LogP contribution is 2.27. The number of aliphatic hydroxyl groups excluding tert-OH is 1. The molecule has 0 bridgehead atoms. The molecule has 2 atom stereocenters. The zero-order valence-electron chi connectivity index (χ0n) is 15.2. The third-order valence-electron chi connectivity index (χ3n) is 4.55. The van der Waals surface area contributed by atoms with Gasteiger partial charge in [-0.25, -0.2) is 0 Å². The summed E-state index contributed by atoms with van der Waals surface area (Å²) in [7, 11) is 3.05. The number of methoxy groups -OCH3 is 2. The largest absolute Gasteiger partial charge is 0.497 e. The Kier molecular flexibility index (Phi) is 6.08. The summed E-state index contributed by atoms with van der Waals surface area (Å²) in [5.74, 6) is 1.46. The molecule has 1 saturated heterocycles. The smallest absolute Gasteiger partial charge is 0.257 e. The molecule has 6 nitrogen and oxygen atoms in total. The van der Waals surface area contributed by atoms with E-state index in [0.29, 0.717) is 40.8 Å². The molecule has 0 unspecified atom stereocenters. The predicted molar refractivity (Wildman–Crippen MR) is 102 cm³/mol. The molecule has 1 amide bonds. The summed E-state index contributed by atoms with van der Waals surface area (Å²) in [6.07, 6.45) is -0.667. The lowest BCUT2D eigenvalue weighted by Gasteiger charge is -2.36. The zero-order chi connectivity index (χ0) is 19.4. The van der Waals surface area contributed by atoms with Gasteiger partial charge in [-0.2, -0.15) is 0 Å². The van der Waals surface area contributed by atoms with Crippen LogP contribution < -0.4 is 14.2 Å². The van der Waals surface area contributed by atoms with Crippen molar-refractivity contribution in [3.8, 4) is 17.2 Å². The normalized spacial score (nSPS) is 19.5. The SMILES string of the molecule is COc1ccc(OC)c(C(=O)N2CC[C@@H](Oc3ccc(Cl)cc3)[C@H](O)C2)c1. The van der Waals surface area contributed by atoms with Crippen molar-refractivity contribution in [1.29, 1.82) is 0 Å². The zero-order valence-corrected chi connectivity index (χ0v) is 16.0. The van der Waals surface area contributed by atoms with Crippen LogP contribution in [-0.4, -0.2) is 55.4 Å². The second kappa shape index (κ2) is 8.50. The van der Waals surface area contributed by atoms with Crippen molar-refractivity contribution in [2.75, 3.05) is 27.3 Å². The Morgan fingerprint density at radius 1 is 1.11 bits per heavy atom. The lowest BCUT2D eigenvalue weighted by atomic mass is 10.0. The summed E-state index contributed by atoms with van der Waals surface area (Å²) < 4.78 is 16.3. The molecular formula is C20H22ClNO5. The number of nitrogens with zero attached hydrogens (tertiary/aromatic N) is 1. The third-order valence-corrected chi connectivity index (χ3v) is 4.80. The molecule has 0 aliphatic carbocycles. The molecule has 0 aromatic heterocycles. The number of ether oxygens (including phenoxy) is 3. The van der Waals surface area contributed by atoms with Crippen molar-refractivity contribution in [2.24, 2.45) is 0 Å². The van der Waals surface area contributed by atoms with Crippen LogP contribution >= 0.6 is 11.6 Å². The number of carbonyl (C=O) groups excluding carboxylic acids is 1. The summed E-state index contributed by atoms with van der Waals surface area (Å²) in [6, 6.07) is 12.1. The summed E-state index contributed by atoms with van der Waals surface area (Å²) >= 11 is 5.87. The molecule has 1 aliphatic rings. The number of halogens is 1. The first kappa shape index (κ1) is 19.3. The second-order valence-electron chi connectivity index (χ2n) is 6.28. The standard InChI is InChI=1S/C20H22ClNO5/c1-25-15-7-8-18(26-2)16(11-15)20(24)22-10-9-19(17(23)12-22)27-14-5-3-13(21)4-6-14/h3-8,11,17,19,23H,9-10,12H2,1-2H3/t17-,19-/m1/s1. The van der Waals surface area contributed by atoms with Crippen LogP contribution in [-0.2, 0) is 0 Å². The number of carbonyl (C=O) groups is 1. The first-order valence-electron chi connectivity index (χ1n) is 8.63. The number of piperidine rings is 1. The average Bonchev–Trinajstić information content (AvgIpc) is 2.70. The quantitative estimate of drug-likeness (QED) is 0.848. The third kappa shape index (κ3) is 4.46.